The van der Waals surface area contributed by atoms with Crippen molar-refractivity contribution >= 4 is 10.9 Å². The molecular formula is C13H12N2O2. The second kappa shape index (κ2) is 4.30. The van der Waals surface area contributed by atoms with Gasteiger partial charge in [0.2, 0.25) is 0 Å². The van der Waals surface area contributed by atoms with Crippen molar-refractivity contribution in [1.29, 1.82) is 5.26 Å². The first-order chi connectivity index (χ1) is 8.19. The number of hydrogen-bond acceptors (Lipinski definition) is 4. The molecule has 2 rings (SSSR count). The molecule has 1 aromatic heterocycles. The van der Waals surface area contributed by atoms with Crippen molar-refractivity contribution in [2.45, 2.75) is 6.92 Å². The predicted octanol–water partition coefficient (Wildman–Crippen LogP) is 2.43. The van der Waals surface area contributed by atoms with Crippen molar-refractivity contribution in [2.24, 2.45) is 0 Å². The van der Waals surface area contributed by atoms with E-state index in [9.17, 15) is 0 Å². The lowest BCUT2D eigenvalue weighted by Crippen LogP contribution is -1.94. The van der Waals surface area contributed by atoms with Crippen LogP contribution in [0.5, 0.6) is 11.5 Å². The lowest BCUT2D eigenvalue weighted by molar-refractivity contribution is 0.356. The van der Waals surface area contributed by atoms with E-state index in [1.54, 1.807) is 32.4 Å². The number of methoxy groups -OCH3 is 2. The Morgan fingerprint density at radius 2 is 1.76 bits per heavy atom. The van der Waals surface area contributed by atoms with E-state index in [1.165, 1.54) is 0 Å². The molecule has 0 amide bonds. The molecule has 1 heterocycles. The van der Waals surface area contributed by atoms with Gasteiger partial charge in [0, 0.05) is 17.1 Å². The van der Waals surface area contributed by atoms with Crippen LogP contribution in [0, 0.1) is 18.3 Å². The van der Waals surface area contributed by atoms with E-state index in [2.05, 4.69) is 11.1 Å². The Morgan fingerprint density at radius 1 is 1.12 bits per heavy atom. The van der Waals surface area contributed by atoms with Crippen molar-refractivity contribution in [3.63, 3.8) is 0 Å². The molecule has 0 bridgehead atoms. The van der Waals surface area contributed by atoms with Gasteiger partial charge in [0.25, 0.3) is 0 Å². The maximum Gasteiger partial charge on any atom is 0.162 e. The fourth-order valence-corrected chi connectivity index (χ4v) is 1.78. The molecule has 86 valence electrons. The normalized spacial score (nSPS) is 10.0. The number of hydrogen-bond donors (Lipinski definition) is 0. The van der Waals surface area contributed by atoms with Gasteiger partial charge in [0.15, 0.2) is 11.5 Å². The fraction of sp³-hybridized carbons (Fsp3) is 0.231. The van der Waals surface area contributed by atoms with Gasteiger partial charge in [-0.3, -0.25) is 4.98 Å². The lowest BCUT2D eigenvalue weighted by Gasteiger charge is -2.09. The number of fused-ring (bicyclic) bond motifs is 1. The molecule has 2 aromatic rings. The second-order valence-electron chi connectivity index (χ2n) is 3.65. The van der Waals surface area contributed by atoms with E-state index in [1.807, 2.05) is 6.92 Å². The molecule has 0 atom stereocenters. The summed E-state index contributed by atoms with van der Waals surface area (Å²) in [6.07, 6.45) is 0. The number of ether oxygens (including phenoxy) is 2. The third kappa shape index (κ3) is 1.87. The lowest BCUT2D eigenvalue weighted by atomic mass is 10.1. The highest BCUT2D eigenvalue weighted by Gasteiger charge is 2.10. The second-order valence-corrected chi connectivity index (χ2v) is 3.65. The van der Waals surface area contributed by atoms with Crippen LogP contribution in [-0.2, 0) is 0 Å². The molecule has 0 aliphatic rings. The van der Waals surface area contributed by atoms with Gasteiger partial charge in [-0.05, 0) is 19.1 Å². The molecule has 0 aliphatic heterocycles. The third-order valence-corrected chi connectivity index (χ3v) is 2.56. The Bertz CT molecular complexity index is 615. The molecule has 0 spiro atoms. The van der Waals surface area contributed by atoms with Gasteiger partial charge in [0.1, 0.15) is 0 Å². The maximum absolute atomic E-state index is 9.10. The predicted molar refractivity (Wildman–Crippen MR) is 64.3 cm³/mol. The molecule has 0 saturated carbocycles. The van der Waals surface area contributed by atoms with Crippen molar-refractivity contribution in [1.82, 2.24) is 4.98 Å². The molecule has 0 saturated heterocycles. The summed E-state index contributed by atoms with van der Waals surface area (Å²) >= 11 is 0. The monoisotopic (exact) mass is 228 g/mol. The fourth-order valence-electron chi connectivity index (χ4n) is 1.78. The Kier molecular flexibility index (Phi) is 2.84. The van der Waals surface area contributed by atoms with Gasteiger partial charge in [-0.15, -0.1) is 0 Å². The van der Waals surface area contributed by atoms with E-state index < -0.39 is 0 Å². The minimum absolute atomic E-state index is 0.591. The standard InChI is InChI=1S/C13H12N2O2/c1-8-4-9(7-14)10-5-12(16-2)13(17-3)6-11(10)15-8/h4-6H,1-3H3. The zero-order chi connectivity index (χ0) is 12.4. The van der Waals surface area contributed by atoms with Crippen LogP contribution in [-0.4, -0.2) is 19.2 Å². The molecule has 4 heteroatoms. The van der Waals surface area contributed by atoms with Gasteiger partial charge in [-0.1, -0.05) is 0 Å². The maximum atomic E-state index is 9.10. The Labute approximate surface area is 99.4 Å². The van der Waals surface area contributed by atoms with E-state index in [0.29, 0.717) is 17.1 Å². The first-order valence-electron chi connectivity index (χ1n) is 5.13. The molecule has 17 heavy (non-hydrogen) atoms. The quantitative estimate of drug-likeness (QED) is 0.792. The van der Waals surface area contributed by atoms with E-state index in [4.69, 9.17) is 14.7 Å². The van der Waals surface area contributed by atoms with Gasteiger partial charge < -0.3 is 9.47 Å². The van der Waals surface area contributed by atoms with Crippen LogP contribution in [0.1, 0.15) is 11.3 Å². The minimum atomic E-state index is 0.591. The largest absolute Gasteiger partial charge is 0.493 e. The van der Waals surface area contributed by atoms with Gasteiger partial charge in [-0.25, -0.2) is 0 Å². The summed E-state index contributed by atoms with van der Waals surface area (Å²) in [5.41, 5.74) is 2.13. The minimum Gasteiger partial charge on any atom is -0.493 e. The highest BCUT2D eigenvalue weighted by Crippen LogP contribution is 2.32. The number of pyridine rings is 1. The number of nitrogens with zero attached hydrogens (tertiary/aromatic N) is 2. The van der Waals surface area contributed by atoms with Crippen LogP contribution in [0.25, 0.3) is 10.9 Å². The molecule has 0 aliphatic carbocycles. The van der Waals surface area contributed by atoms with Crippen molar-refractivity contribution < 1.29 is 9.47 Å². The zero-order valence-corrected chi connectivity index (χ0v) is 9.94. The SMILES string of the molecule is COc1cc2nc(C)cc(C#N)c2cc1OC. The molecule has 0 N–H and O–H groups in total. The van der Waals surface area contributed by atoms with Crippen molar-refractivity contribution in [2.75, 3.05) is 14.2 Å². The number of benzene rings is 1. The van der Waals surface area contributed by atoms with Crippen LogP contribution < -0.4 is 9.47 Å². The van der Waals surface area contributed by atoms with E-state index in [-0.39, 0.29) is 0 Å². The highest BCUT2D eigenvalue weighted by molar-refractivity contribution is 5.88. The van der Waals surface area contributed by atoms with Crippen LogP contribution in [0.15, 0.2) is 18.2 Å². The highest BCUT2D eigenvalue weighted by atomic mass is 16.5. The van der Waals surface area contributed by atoms with Crippen molar-refractivity contribution in [3.05, 3.63) is 29.5 Å². The molecule has 0 unspecified atom stereocenters. The number of aryl methyl sites for hydroxylation is 1. The van der Waals surface area contributed by atoms with Crippen LogP contribution in [0.3, 0.4) is 0 Å². The Hall–Kier alpha value is -2.28. The van der Waals surface area contributed by atoms with Crippen LogP contribution in [0.4, 0.5) is 0 Å². The average molecular weight is 228 g/mol. The summed E-state index contributed by atoms with van der Waals surface area (Å²) in [6, 6.07) is 7.48. The molecule has 0 radical (unpaired) electrons. The van der Waals surface area contributed by atoms with E-state index in [0.717, 1.165) is 16.6 Å². The van der Waals surface area contributed by atoms with Crippen molar-refractivity contribution in [3.8, 4) is 17.6 Å². The number of aromatic nitrogens is 1. The summed E-state index contributed by atoms with van der Waals surface area (Å²) in [6.45, 7) is 1.86. The summed E-state index contributed by atoms with van der Waals surface area (Å²) < 4.78 is 10.4. The Balaban J connectivity index is 2.83. The van der Waals surface area contributed by atoms with Gasteiger partial charge >= 0.3 is 0 Å². The summed E-state index contributed by atoms with van der Waals surface area (Å²) in [5, 5.41) is 9.87. The van der Waals surface area contributed by atoms with Gasteiger partial charge in [-0.2, -0.15) is 5.26 Å². The number of rotatable bonds is 2. The molecule has 0 fully saturated rings. The topological polar surface area (TPSA) is 55.1 Å². The smallest absolute Gasteiger partial charge is 0.162 e. The van der Waals surface area contributed by atoms with E-state index >= 15 is 0 Å². The summed E-state index contributed by atoms with van der Waals surface area (Å²) in [5.74, 6) is 1.21. The number of nitriles is 1. The first kappa shape index (κ1) is 11.2. The third-order valence-electron chi connectivity index (χ3n) is 2.56. The summed E-state index contributed by atoms with van der Waals surface area (Å²) in [4.78, 5) is 4.38. The van der Waals surface area contributed by atoms with Crippen LogP contribution >= 0.6 is 0 Å². The van der Waals surface area contributed by atoms with Gasteiger partial charge in [0.05, 0.1) is 31.4 Å². The zero-order valence-electron chi connectivity index (χ0n) is 9.94. The van der Waals surface area contributed by atoms with Crippen LogP contribution in [0.2, 0.25) is 0 Å². The average Bonchev–Trinajstić information content (AvgIpc) is 2.35. The first-order valence-corrected chi connectivity index (χ1v) is 5.13. The molecular weight excluding hydrogens is 216 g/mol. The Morgan fingerprint density at radius 3 is 2.35 bits per heavy atom. The molecule has 1 aromatic carbocycles. The summed E-state index contributed by atoms with van der Waals surface area (Å²) in [7, 11) is 3.14. The molecule has 4 nitrogen and oxygen atoms in total.